The fourth-order valence-corrected chi connectivity index (χ4v) is 3.20. The van der Waals surface area contributed by atoms with Crippen molar-refractivity contribution in [1.29, 1.82) is 0 Å². The van der Waals surface area contributed by atoms with Crippen LogP contribution in [0.15, 0.2) is 41.4 Å². The van der Waals surface area contributed by atoms with Gasteiger partial charge in [0.2, 0.25) is 0 Å². The number of aliphatic hydroxyl groups excluding tert-OH is 2. The number of esters is 1. The van der Waals surface area contributed by atoms with Crippen LogP contribution in [0.25, 0.3) is 5.57 Å². The summed E-state index contributed by atoms with van der Waals surface area (Å²) in [6.45, 7) is 1.79. The quantitative estimate of drug-likeness (QED) is 0.628. The Hall–Kier alpha value is -2.80. The molecule has 0 saturated carbocycles. The van der Waals surface area contributed by atoms with E-state index < -0.39 is 11.9 Å². The first-order chi connectivity index (χ1) is 12.5. The monoisotopic (exact) mass is 359 g/mol. The minimum Gasteiger partial charge on any atom is -0.504 e. The molecule has 26 heavy (non-hydrogen) atoms. The third-order valence-electron chi connectivity index (χ3n) is 4.74. The summed E-state index contributed by atoms with van der Waals surface area (Å²) in [5.74, 6) is -0.952. The van der Waals surface area contributed by atoms with E-state index in [9.17, 15) is 19.8 Å². The Bertz CT molecular complexity index is 793. The number of rotatable bonds is 4. The Kier molecular flexibility index (Phi) is 4.99. The summed E-state index contributed by atoms with van der Waals surface area (Å²) < 4.78 is 10.3. The van der Waals surface area contributed by atoms with Crippen molar-refractivity contribution < 1.29 is 29.3 Å². The highest BCUT2D eigenvalue weighted by atomic mass is 16.6. The van der Waals surface area contributed by atoms with Crippen molar-refractivity contribution in [2.24, 2.45) is 0 Å². The molecule has 0 aliphatic carbocycles. The Labute approximate surface area is 151 Å². The summed E-state index contributed by atoms with van der Waals surface area (Å²) in [5.41, 5.74) is 0.637. The van der Waals surface area contributed by atoms with Gasteiger partial charge in [-0.15, -0.1) is 0 Å². The predicted molar refractivity (Wildman–Crippen MR) is 93.2 cm³/mol. The molecule has 1 atom stereocenters. The van der Waals surface area contributed by atoms with Crippen LogP contribution in [-0.4, -0.2) is 53.3 Å². The lowest BCUT2D eigenvalue weighted by Gasteiger charge is -2.25. The third-order valence-corrected chi connectivity index (χ3v) is 4.74. The van der Waals surface area contributed by atoms with E-state index in [0.717, 1.165) is 6.42 Å². The van der Waals surface area contributed by atoms with Gasteiger partial charge in [-0.2, -0.15) is 0 Å². The van der Waals surface area contributed by atoms with Gasteiger partial charge in [-0.05, 0) is 37.5 Å². The first kappa shape index (κ1) is 18.0. The fourth-order valence-electron chi connectivity index (χ4n) is 3.20. The van der Waals surface area contributed by atoms with Gasteiger partial charge in [0.1, 0.15) is 5.75 Å². The van der Waals surface area contributed by atoms with E-state index in [1.165, 1.54) is 14.0 Å². The Morgan fingerprint density at radius 2 is 2.04 bits per heavy atom. The molecule has 1 aromatic carbocycles. The lowest BCUT2D eigenvalue weighted by molar-refractivity contribution is -0.133. The molecular formula is C19H21NO6. The summed E-state index contributed by atoms with van der Waals surface area (Å²) in [4.78, 5) is 26.6. The number of likely N-dealkylation sites (tertiary alicyclic amines) is 1. The summed E-state index contributed by atoms with van der Waals surface area (Å²) in [7, 11) is 1.53. The maximum Gasteiger partial charge on any atom is 0.343 e. The molecule has 1 fully saturated rings. The molecule has 7 heteroatoms. The number of cyclic esters (lactones) is 1. The van der Waals surface area contributed by atoms with Gasteiger partial charge in [-0.25, -0.2) is 4.79 Å². The molecule has 7 nitrogen and oxygen atoms in total. The van der Waals surface area contributed by atoms with Gasteiger partial charge in [0.25, 0.3) is 5.91 Å². The lowest BCUT2D eigenvalue weighted by Crippen LogP contribution is -2.38. The zero-order chi connectivity index (χ0) is 18.8. The number of carbonyl (C=O) groups is 2. The molecule has 1 saturated heterocycles. The van der Waals surface area contributed by atoms with Gasteiger partial charge in [0.15, 0.2) is 11.5 Å². The number of carbonyl (C=O) groups excluding carboxylic acids is 2. The molecule has 2 aliphatic heterocycles. The third kappa shape index (κ3) is 3.06. The van der Waals surface area contributed by atoms with Crippen LogP contribution in [0.5, 0.6) is 5.75 Å². The number of ether oxygens (including phenoxy) is 2. The maximum atomic E-state index is 13.2. The molecule has 0 aromatic heterocycles. The van der Waals surface area contributed by atoms with E-state index in [-0.39, 0.29) is 35.3 Å². The van der Waals surface area contributed by atoms with E-state index in [2.05, 4.69) is 0 Å². The zero-order valence-corrected chi connectivity index (χ0v) is 14.7. The minimum atomic E-state index is -0.684. The van der Waals surface area contributed by atoms with Crippen molar-refractivity contribution in [2.75, 3.05) is 20.3 Å². The van der Waals surface area contributed by atoms with Crippen LogP contribution in [0.3, 0.4) is 0 Å². The second-order valence-corrected chi connectivity index (χ2v) is 6.27. The molecule has 2 N–H and O–H groups in total. The number of aliphatic hydroxyl groups is 2. The highest BCUT2D eigenvalue weighted by molar-refractivity contribution is 6.21. The maximum absolute atomic E-state index is 13.2. The predicted octanol–water partition coefficient (Wildman–Crippen LogP) is 1.78. The molecule has 0 unspecified atom stereocenters. The van der Waals surface area contributed by atoms with Crippen molar-refractivity contribution in [1.82, 2.24) is 4.90 Å². The van der Waals surface area contributed by atoms with E-state index in [4.69, 9.17) is 9.47 Å². The summed E-state index contributed by atoms with van der Waals surface area (Å²) >= 11 is 0. The average molecular weight is 359 g/mol. The van der Waals surface area contributed by atoms with Gasteiger partial charge in [0, 0.05) is 6.54 Å². The molecule has 138 valence electrons. The number of nitrogens with zero attached hydrogens (tertiary/aromatic N) is 1. The van der Waals surface area contributed by atoms with E-state index in [0.29, 0.717) is 24.3 Å². The number of hydrogen-bond acceptors (Lipinski definition) is 6. The van der Waals surface area contributed by atoms with Gasteiger partial charge in [-0.1, -0.05) is 12.1 Å². The molecule has 0 bridgehead atoms. The van der Waals surface area contributed by atoms with Crippen LogP contribution in [0.1, 0.15) is 25.3 Å². The standard InChI is InChI=1S/C19H21NO6/c1-11-16(22)17(26-19(11)24)15(12-5-7-14(25-2)8-6-12)18(23)20-9-3-4-13(20)10-21/h5-8,13,21-22H,3-4,9-10H2,1-2H3/b17-15+/t13-/m0/s1. The Morgan fingerprint density at radius 3 is 2.58 bits per heavy atom. The molecule has 0 radical (unpaired) electrons. The highest BCUT2D eigenvalue weighted by Gasteiger charge is 2.37. The number of amides is 1. The van der Waals surface area contributed by atoms with Crippen LogP contribution >= 0.6 is 0 Å². The minimum absolute atomic E-state index is 0.0546. The first-order valence-corrected chi connectivity index (χ1v) is 8.40. The first-order valence-electron chi connectivity index (χ1n) is 8.40. The molecular weight excluding hydrogens is 338 g/mol. The largest absolute Gasteiger partial charge is 0.504 e. The van der Waals surface area contributed by atoms with E-state index in [1.54, 1.807) is 29.2 Å². The average Bonchev–Trinajstić information content (AvgIpc) is 3.23. The number of hydrogen-bond donors (Lipinski definition) is 2. The normalized spacial score (nSPS) is 21.9. The van der Waals surface area contributed by atoms with E-state index in [1.807, 2.05) is 0 Å². The lowest BCUT2D eigenvalue weighted by atomic mass is 10.0. The molecule has 1 amide bonds. The van der Waals surface area contributed by atoms with Crippen molar-refractivity contribution in [3.05, 3.63) is 46.9 Å². The van der Waals surface area contributed by atoms with Crippen molar-refractivity contribution in [3.8, 4) is 5.75 Å². The van der Waals surface area contributed by atoms with Gasteiger partial charge < -0.3 is 24.6 Å². The molecule has 2 heterocycles. The molecule has 0 spiro atoms. The fraction of sp³-hybridized carbons (Fsp3) is 0.368. The van der Waals surface area contributed by atoms with Crippen molar-refractivity contribution in [3.63, 3.8) is 0 Å². The van der Waals surface area contributed by atoms with Crippen LogP contribution in [-0.2, 0) is 14.3 Å². The SMILES string of the molecule is COc1ccc(/C(C(=O)N2CCC[C@H]2CO)=C2\OC(=O)C(C)=C2O)cc1. The van der Waals surface area contributed by atoms with Gasteiger partial charge in [-0.3, -0.25) is 4.79 Å². The Balaban J connectivity index is 2.11. The molecule has 2 aliphatic rings. The van der Waals surface area contributed by atoms with Crippen LogP contribution in [0.4, 0.5) is 0 Å². The number of benzene rings is 1. The number of methoxy groups -OCH3 is 1. The van der Waals surface area contributed by atoms with Crippen molar-refractivity contribution >= 4 is 17.4 Å². The van der Waals surface area contributed by atoms with Crippen LogP contribution in [0, 0.1) is 0 Å². The molecule has 3 rings (SSSR count). The summed E-state index contributed by atoms with van der Waals surface area (Å²) in [5, 5.41) is 19.8. The zero-order valence-electron chi connectivity index (χ0n) is 14.7. The van der Waals surface area contributed by atoms with Crippen LogP contribution < -0.4 is 4.74 Å². The van der Waals surface area contributed by atoms with Gasteiger partial charge >= 0.3 is 5.97 Å². The smallest absolute Gasteiger partial charge is 0.343 e. The Morgan fingerprint density at radius 1 is 1.35 bits per heavy atom. The summed E-state index contributed by atoms with van der Waals surface area (Å²) in [6, 6.07) is 6.40. The molecule has 1 aromatic rings. The summed E-state index contributed by atoms with van der Waals surface area (Å²) in [6.07, 6.45) is 1.48. The highest BCUT2D eigenvalue weighted by Crippen LogP contribution is 2.34. The van der Waals surface area contributed by atoms with E-state index >= 15 is 0 Å². The second-order valence-electron chi connectivity index (χ2n) is 6.27. The van der Waals surface area contributed by atoms with Crippen molar-refractivity contribution in [2.45, 2.75) is 25.8 Å². The van der Waals surface area contributed by atoms with Crippen LogP contribution in [0.2, 0.25) is 0 Å². The second kappa shape index (κ2) is 7.21. The topological polar surface area (TPSA) is 96.3 Å². The van der Waals surface area contributed by atoms with Gasteiger partial charge in [0.05, 0.1) is 30.9 Å².